The average Bonchev–Trinajstić information content (AvgIpc) is 2.38. The molecule has 2 heteroatoms. The van der Waals surface area contributed by atoms with E-state index in [9.17, 15) is 5.11 Å². The van der Waals surface area contributed by atoms with E-state index in [1.54, 1.807) is 6.07 Å². The summed E-state index contributed by atoms with van der Waals surface area (Å²) in [4.78, 5) is 0. The van der Waals surface area contributed by atoms with Gasteiger partial charge in [0, 0.05) is 9.49 Å². The van der Waals surface area contributed by atoms with Gasteiger partial charge < -0.3 is 5.11 Å². The number of phenols is 1. The van der Waals surface area contributed by atoms with Gasteiger partial charge in [-0.05, 0) is 12.5 Å². The highest BCUT2D eigenvalue weighted by atomic mass is 127. The van der Waals surface area contributed by atoms with Gasteiger partial charge in [-0.2, -0.15) is 0 Å². The molecule has 1 unspecified atom stereocenters. The van der Waals surface area contributed by atoms with Crippen LogP contribution in [-0.4, -0.2) is 5.11 Å². The molecule has 0 bridgehead atoms. The topological polar surface area (TPSA) is 20.2 Å². The summed E-state index contributed by atoms with van der Waals surface area (Å²) in [6.45, 7) is 2.26. The second kappa shape index (κ2) is 9.65. The highest BCUT2D eigenvalue weighted by Crippen LogP contribution is 2.34. The molecular formula is C16H25IO. The summed E-state index contributed by atoms with van der Waals surface area (Å²) in [7, 11) is 0. The molecule has 1 nitrogen and oxygen atoms in total. The first-order chi connectivity index (χ1) is 8.75. The lowest BCUT2D eigenvalue weighted by Crippen LogP contribution is -1.91. The number of aromatic hydroxyl groups is 1. The lowest BCUT2D eigenvalue weighted by atomic mass is 10.0. The minimum atomic E-state index is 0.444. The Labute approximate surface area is 125 Å². The van der Waals surface area contributed by atoms with Crippen molar-refractivity contribution in [3.05, 3.63) is 29.8 Å². The Hall–Kier alpha value is -0.250. The maximum absolute atomic E-state index is 9.78. The van der Waals surface area contributed by atoms with Gasteiger partial charge in [0.05, 0.1) is 0 Å². The van der Waals surface area contributed by atoms with Gasteiger partial charge in [-0.15, -0.1) is 0 Å². The van der Waals surface area contributed by atoms with Crippen LogP contribution in [0, 0.1) is 0 Å². The third-order valence-corrected chi connectivity index (χ3v) is 4.63. The number of hydrogen-bond acceptors (Lipinski definition) is 1. The van der Waals surface area contributed by atoms with Crippen molar-refractivity contribution in [3.8, 4) is 5.75 Å². The van der Waals surface area contributed by atoms with E-state index >= 15 is 0 Å². The van der Waals surface area contributed by atoms with Crippen molar-refractivity contribution in [1.29, 1.82) is 0 Å². The summed E-state index contributed by atoms with van der Waals surface area (Å²) in [5.74, 6) is 0.444. The molecule has 0 aliphatic rings. The van der Waals surface area contributed by atoms with Gasteiger partial charge in [0.15, 0.2) is 0 Å². The van der Waals surface area contributed by atoms with Gasteiger partial charge in [0.2, 0.25) is 0 Å². The normalized spacial score (nSPS) is 12.6. The van der Waals surface area contributed by atoms with Crippen LogP contribution < -0.4 is 0 Å². The monoisotopic (exact) mass is 360 g/mol. The number of rotatable bonds is 9. The summed E-state index contributed by atoms with van der Waals surface area (Å²) < 4.78 is 0.444. The maximum Gasteiger partial charge on any atom is 0.119 e. The molecule has 0 saturated carbocycles. The summed E-state index contributed by atoms with van der Waals surface area (Å²) in [6, 6.07) is 7.71. The second-order valence-electron chi connectivity index (χ2n) is 4.94. The van der Waals surface area contributed by atoms with Crippen molar-refractivity contribution in [1.82, 2.24) is 0 Å². The Kier molecular flexibility index (Phi) is 8.47. The van der Waals surface area contributed by atoms with Crippen molar-refractivity contribution in [2.24, 2.45) is 0 Å². The fourth-order valence-corrected chi connectivity index (χ4v) is 3.16. The molecule has 0 heterocycles. The largest absolute Gasteiger partial charge is 0.508 e. The molecule has 1 N–H and O–H groups in total. The first-order valence-corrected chi connectivity index (χ1v) is 8.42. The number of benzene rings is 1. The van der Waals surface area contributed by atoms with E-state index in [0.717, 1.165) is 5.56 Å². The van der Waals surface area contributed by atoms with E-state index in [1.165, 1.54) is 51.4 Å². The molecule has 102 valence electrons. The Morgan fingerprint density at radius 3 is 2.28 bits per heavy atom. The molecule has 1 aromatic rings. The van der Waals surface area contributed by atoms with E-state index < -0.39 is 0 Å². The van der Waals surface area contributed by atoms with Crippen molar-refractivity contribution < 1.29 is 5.11 Å². The molecule has 18 heavy (non-hydrogen) atoms. The van der Waals surface area contributed by atoms with Crippen molar-refractivity contribution in [2.45, 2.75) is 62.2 Å². The Morgan fingerprint density at radius 2 is 1.61 bits per heavy atom. The maximum atomic E-state index is 9.78. The average molecular weight is 360 g/mol. The predicted molar refractivity (Wildman–Crippen MR) is 87.5 cm³/mol. The van der Waals surface area contributed by atoms with Gasteiger partial charge in [-0.3, -0.25) is 0 Å². The number of halogens is 1. The van der Waals surface area contributed by atoms with Gasteiger partial charge in [-0.1, -0.05) is 92.7 Å². The molecule has 0 spiro atoms. The molecular weight excluding hydrogens is 335 g/mol. The van der Waals surface area contributed by atoms with Crippen LogP contribution in [0.25, 0.3) is 0 Å². The molecule has 0 amide bonds. The molecule has 1 rings (SSSR count). The number of unbranched alkanes of at least 4 members (excludes halogenated alkanes) is 6. The SMILES string of the molecule is CCCCCCCCCC(I)c1ccccc1O. The smallest absolute Gasteiger partial charge is 0.119 e. The highest BCUT2D eigenvalue weighted by molar-refractivity contribution is 14.1. The molecule has 0 aromatic heterocycles. The number of alkyl halides is 1. The summed E-state index contributed by atoms with van der Waals surface area (Å²) in [6.07, 6.45) is 10.6. The van der Waals surface area contributed by atoms with Crippen LogP contribution in [0.4, 0.5) is 0 Å². The zero-order valence-corrected chi connectivity index (χ0v) is 13.5. The van der Waals surface area contributed by atoms with E-state index in [1.807, 2.05) is 18.2 Å². The fourth-order valence-electron chi connectivity index (χ4n) is 2.19. The van der Waals surface area contributed by atoms with Crippen LogP contribution in [-0.2, 0) is 0 Å². The van der Waals surface area contributed by atoms with E-state index in [-0.39, 0.29) is 0 Å². The van der Waals surface area contributed by atoms with Crippen LogP contribution in [0.1, 0.15) is 67.8 Å². The van der Waals surface area contributed by atoms with Crippen molar-refractivity contribution >= 4 is 22.6 Å². The zero-order valence-electron chi connectivity index (χ0n) is 11.4. The van der Waals surface area contributed by atoms with Gasteiger partial charge >= 0.3 is 0 Å². The molecule has 0 aliphatic heterocycles. The second-order valence-corrected chi connectivity index (χ2v) is 6.44. The van der Waals surface area contributed by atoms with Crippen molar-refractivity contribution in [2.75, 3.05) is 0 Å². The molecule has 1 aromatic carbocycles. The van der Waals surface area contributed by atoms with Crippen LogP contribution in [0.2, 0.25) is 0 Å². The predicted octanol–water partition coefficient (Wildman–Crippen LogP) is 6.01. The first-order valence-electron chi connectivity index (χ1n) is 7.17. The third-order valence-electron chi connectivity index (χ3n) is 3.34. The molecule has 0 saturated heterocycles. The fraction of sp³-hybridized carbons (Fsp3) is 0.625. The first kappa shape index (κ1) is 15.8. The van der Waals surface area contributed by atoms with E-state index in [0.29, 0.717) is 9.67 Å². The third kappa shape index (κ3) is 6.07. The summed E-state index contributed by atoms with van der Waals surface area (Å²) in [5, 5.41) is 9.78. The van der Waals surface area contributed by atoms with Crippen molar-refractivity contribution in [3.63, 3.8) is 0 Å². The standard InChI is InChI=1S/C16H25IO/c1-2-3-4-5-6-7-8-12-15(17)14-11-9-10-13-16(14)18/h9-11,13,15,18H,2-8,12H2,1H3. The Balaban J connectivity index is 2.14. The zero-order chi connectivity index (χ0) is 13.2. The quantitative estimate of drug-likeness (QED) is 0.325. The van der Waals surface area contributed by atoms with Gasteiger partial charge in [0.1, 0.15) is 5.75 Å². The number of hydrogen-bond donors (Lipinski definition) is 1. The van der Waals surface area contributed by atoms with E-state index in [2.05, 4.69) is 29.5 Å². The molecule has 0 radical (unpaired) electrons. The summed E-state index contributed by atoms with van der Waals surface area (Å²) in [5.41, 5.74) is 1.09. The van der Waals surface area contributed by atoms with Crippen LogP contribution in [0.3, 0.4) is 0 Å². The Bertz CT molecular complexity index is 325. The number of para-hydroxylation sites is 1. The molecule has 0 fully saturated rings. The van der Waals surface area contributed by atoms with Gasteiger partial charge in [-0.25, -0.2) is 0 Å². The minimum Gasteiger partial charge on any atom is -0.508 e. The Morgan fingerprint density at radius 1 is 1.00 bits per heavy atom. The van der Waals surface area contributed by atoms with Gasteiger partial charge in [0.25, 0.3) is 0 Å². The summed E-state index contributed by atoms with van der Waals surface area (Å²) >= 11 is 2.45. The van der Waals surface area contributed by atoms with Crippen LogP contribution in [0.15, 0.2) is 24.3 Å². The molecule has 1 atom stereocenters. The lowest BCUT2D eigenvalue weighted by Gasteiger charge is -2.11. The number of phenolic OH excluding ortho intramolecular Hbond substituents is 1. The van der Waals surface area contributed by atoms with Crippen LogP contribution >= 0.6 is 22.6 Å². The lowest BCUT2D eigenvalue weighted by molar-refractivity contribution is 0.466. The molecule has 0 aliphatic carbocycles. The highest BCUT2D eigenvalue weighted by Gasteiger charge is 2.10. The minimum absolute atomic E-state index is 0.444. The van der Waals surface area contributed by atoms with E-state index in [4.69, 9.17) is 0 Å². The van der Waals surface area contributed by atoms with Crippen LogP contribution in [0.5, 0.6) is 5.75 Å².